The summed E-state index contributed by atoms with van der Waals surface area (Å²) in [7, 11) is 0. The minimum Gasteiger partial charge on any atom is -0.397 e. The second kappa shape index (κ2) is 11.4. The lowest BCUT2D eigenvalue weighted by Gasteiger charge is -2.35. The third kappa shape index (κ3) is 5.69. The van der Waals surface area contributed by atoms with Crippen molar-refractivity contribution in [3.8, 4) is 23.4 Å². The fourth-order valence-electron chi connectivity index (χ4n) is 4.61. The van der Waals surface area contributed by atoms with Crippen LogP contribution < -0.4 is 16.0 Å². The number of benzene rings is 2. The van der Waals surface area contributed by atoms with Gasteiger partial charge in [-0.3, -0.25) is 14.7 Å². The van der Waals surface area contributed by atoms with Gasteiger partial charge in [0.05, 0.1) is 28.2 Å². The molecule has 0 saturated carbocycles. The van der Waals surface area contributed by atoms with Gasteiger partial charge in [0.15, 0.2) is 0 Å². The molecule has 0 spiro atoms. The van der Waals surface area contributed by atoms with E-state index >= 15 is 0 Å². The predicted octanol–water partition coefficient (Wildman–Crippen LogP) is 4.04. The van der Waals surface area contributed by atoms with E-state index in [0.717, 1.165) is 43.1 Å². The Bertz CT molecular complexity index is 1580. The molecule has 5 rings (SSSR count). The number of nitrogens with zero attached hydrogens (tertiary/aromatic N) is 6. The highest BCUT2D eigenvalue weighted by Crippen LogP contribution is 2.25. The van der Waals surface area contributed by atoms with Gasteiger partial charge in [-0.1, -0.05) is 24.3 Å². The van der Waals surface area contributed by atoms with Crippen LogP contribution in [0.4, 0.5) is 17.2 Å². The maximum absolute atomic E-state index is 12.6. The summed E-state index contributed by atoms with van der Waals surface area (Å²) in [6.07, 6.45) is 3.51. The van der Waals surface area contributed by atoms with E-state index in [4.69, 9.17) is 5.73 Å². The first-order valence-electron chi connectivity index (χ1n) is 12.5. The van der Waals surface area contributed by atoms with Crippen LogP contribution in [0.3, 0.4) is 0 Å². The largest absolute Gasteiger partial charge is 0.397 e. The second-order valence-electron chi connectivity index (χ2n) is 9.22. The number of pyridine rings is 2. The van der Waals surface area contributed by atoms with Gasteiger partial charge in [-0.2, -0.15) is 10.5 Å². The lowest BCUT2D eigenvalue weighted by molar-refractivity contribution is 0.102. The zero-order valence-electron chi connectivity index (χ0n) is 21.2. The van der Waals surface area contributed by atoms with Crippen molar-refractivity contribution >= 4 is 23.1 Å². The van der Waals surface area contributed by atoms with E-state index in [1.54, 1.807) is 73.1 Å². The zero-order valence-corrected chi connectivity index (χ0v) is 21.2. The molecule has 1 saturated heterocycles. The number of nitriles is 2. The Morgan fingerprint density at radius 3 is 2.38 bits per heavy atom. The van der Waals surface area contributed by atoms with Gasteiger partial charge >= 0.3 is 0 Å². The fraction of sp³-hybridized carbons (Fsp3) is 0.167. The van der Waals surface area contributed by atoms with Crippen molar-refractivity contribution in [3.63, 3.8) is 0 Å². The van der Waals surface area contributed by atoms with Crippen molar-refractivity contribution in [1.29, 1.82) is 10.5 Å². The molecule has 9 nitrogen and oxygen atoms in total. The number of rotatable bonds is 6. The van der Waals surface area contributed by atoms with Gasteiger partial charge in [0, 0.05) is 56.2 Å². The van der Waals surface area contributed by atoms with Crippen molar-refractivity contribution < 1.29 is 4.79 Å². The molecule has 0 aliphatic carbocycles. The molecular weight excluding hydrogens is 488 g/mol. The number of nitrogens with one attached hydrogen (secondary N) is 1. The Kier molecular flexibility index (Phi) is 7.44. The van der Waals surface area contributed by atoms with Crippen LogP contribution in [0.5, 0.6) is 0 Å². The minimum atomic E-state index is -0.268. The molecule has 0 radical (unpaired) electrons. The van der Waals surface area contributed by atoms with Gasteiger partial charge < -0.3 is 16.0 Å². The third-order valence-electron chi connectivity index (χ3n) is 6.68. The van der Waals surface area contributed by atoms with E-state index in [9.17, 15) is 15.3 Å². The fourth-order valence-corrected chi connectivity index (χ4v) is 4.61. The molecule has 3 heterocycles. The molecule has 0 atom stereocenters. The number of amides is 1. The standard InChI is InChI=1S/C30H26N8O/c31-17-24-4-3-11-34-29(24)38-14-12-37(13-15-38)20-21-16-25(18-32)28(35-19-21)22-7-9-23(10-8-22)30(39)36-27-6-2-1-5-26(27)33/h1-11,16,19H,12-15,20,33H2,(H,36,39). The first kappa shape index (κ1) is 25.4. The molecule has 4 aromatic rings. The first-order chi connectivity index (χ1) is 19.1. The van der Waals surface area contributed by atoms with E-state index in [1.165, 1.54) is 0 Å². The molecule has 3 N–H and O–H groups in total. The first-order valence-corrected chi connectivity index (χ1v) is 12.5. The molecule has 192 valence electrons. The number of hydrogen-bond acceptors (Lipinski definition) is 8. The number of nitrogen functional groups attached to an aromatic ring is 1. The van der Waals surface area contributed by atoms with Gasteiger partial charge in [0.25, 0.3) is 5.91 Å². The lowest BCUT2D eigenvalue weighted by Crippen LogP contribution is -2.46. The van der Waals surface area contributed by atoms with Crippen molar-refractivity contribution in [3.05, 3.63) is 101 Å². The highest BCUT2D eigenvalue weighted by Gasteiger charge is 2.21. The van der Waals surface area contributed by atoms with Gasteiger partial charge in [-0.05, 0) is 48.0 Å². The number of para-hydroxylation sites is 2. The Balaban J connectivity index is 1.23. The summed E-state index contributed by atoms with van der Waals surface area (Å²) in [6.45, 7) is 3.82. The number of carbonyl (C=O) groups excluding carboxylic acids is 1. The maximum atomic E-state index is 12.6. The number of carbonyl (C=O) groups is 1. The topological polar surface area (TPSA) is 135 Å². The van der Waals surface area contributed by atoms with Gasteiger partial charge in [-0.15, -0.1) is 0 Å². The molecule has 1 aliphatic heterocycles. The SMILES string of the molecule is N#Cc1cc(CN2CCN(c3ncccc3C#N)CC2)cnc1-c1ccc(C(=O)Nc2ccccc2N)cc1. The number of aromatic nitrogens is 2. The number of anilines is 3. The number of hydrogen-bond donors (Lipinski definition) is 2. The van der Waals surface area contributed by atoms with E-state index in [0.29, 0.717) is 40.3 Å². The maximum Gasteiger partial charge on any atom is 0.255 e. The second-order valence-corrected chi connectivity index (χ2v) is 9.22. The Labute approximate surface area is 226 Å². The van der Waals surface area contributed by atoms with Crippen LogP contribution in [-0.4, -0.2) is 47.0 Å². The normalized spacial score (nSPS) is 13.3. The summed E-state index contributed by atoms with van der Waals surface area (Å²) in [5.74, 6) is 0.459. The molecule has 1 aliphatic rings. The van der Waals surface area contributed by atoms with Crippen LogP contribution in [0.1, 0.15) is 27.0 Å². The minimum absolute atomic E-state index is 0.268. The Morgan fingerprint density at radius 1 is 0.923 bits per heavy atom. The van der Waals surface area contributed by atoms with Crippen LogP contribution in [0, 0.1) is 22.7 Å². The van der Waals surface area contributed by atoms with Crippen LogP contribution in [-0.2, 0) is 6.54 Å². The summed E-state index contributed by atoms with van der Waals surface area (Å²) in [4.78, 5) is 26.1. The molecule has 1 fully saturated rings. The monoisotopic (exact) mass is 514 g/mol. The summed E-state index contributed by atoms with van der Waals surface area (Å²) in [6, 6.07) is 24.0. The van der Waals surface area contributed by atoms with E-state index < -0.39 is 0 Å². The highest BCUT2D eigenvalue weighted by atomic mass is 16.1. The van der Waals surface area contributed by atoms with Crippen molar-refractivity contribution in [1.82, 2.24) is 14.9 Å². The van der Waals surface area contributed by atoms with E-state index in [-0.39, 0.29) is 5.91 Å². The lowest BCUT2D eigenvalue weighted by atomic mass is 10.0. The van der Waals surface area contributed by atoms with E-state index in [1.807, 2.05) is 6.07 Å². The number of nitrogens with two attached hydrogens (primary N) is 1. The molecule has 0 unspecified atom stereocenters. The van der Waals surface area contributed by atoms with Crippen LogP contribution in [0.15, 0.2) is 79.1 Å². The third-order valence-corrected chi connectivity index (χ3v) is 6.68. The Hall–Kier alpha value is -5.25. The molecule has 39 heavy (non-hydrogen) atoms. The summed E-state index contributed by atoms with van der Waals surface area (Å²) in [5, 5.41) is 22.0. The van der Waals surface area contributed by atoms with E-state index in [2.05, 4.69) is 37.2 Å². The van der Waals surface area contributed by atoms with Crippen molar-refractivity contribution in [2.75, 3.05) is 42.1 Å². The zero-order chi connectivity index (χ0) is 27.2. The molecule has 9 heteroatoms. The predicted molar refractivity (Wildman–Crippen MR) is 150 cm³/mol. The molecule has 1 amide bonds. The van der Waals surface area contributed by atoms with Crippen LogP contribution >= 0.6 is 0 Å². The molecule has 2 aromatic heterocycles. The van der Waals surface area contributed by atoms with Crippen LogP contribution in [0.25, 0.3) is 11.3 Å². The van der Waals surface area contributed by atoms with Crippen molar-refractivity contribution in [2.45, 2.75) is 6.54 Å². The van der Waals surface area contributed by atoms with Crippen molar-refractivity contribution in [2.24, 2.45) is 0 Å². The molecule has 0 bridgehead atoms. The average molecular weight is 515 g/mol. The van der Waals surface area contributed by atoms with Gasteiger partial charge in [-0.25, -0.2) is 4.98 Å². The Morgan fingerprint density at radius 2 is 1.67 bits per heavy atom. The summed E-state index contributed by atoms with van der Waals surface area (Å²) in [5.41, 5.74) is 10.8. The number of piperazine rings is 1. The summed E-state index contributed by atoms with van der Waals surface area (Å²) < 4.78 is 0. The van der Waals surface area contributed by atoms with Crippen LogP contribution in [0.2, 0.25) is 0 Å². The quantitative estimate of drug-likeness (QED) is 0.368. The highest BCUT2D eigenvalue weighted by molar-refractivity contribution is 6.05. The average Bonchev–Trinajstić information content (AvgIpc) is 2.98. The van der Waals surface area contributed by atoms with Gasteiger partial charge in [0.2, 0.25) is 0 Å². The summed E-state index contributed by atoms with van der Waals surface area (Å²) >= 11 is 0. The van der Waals surface area contributed by atoms with Gasteiger partial charge in [0.1, 0.15) is 18.0 Å². The molecule has 2 aromatic carbocycles. The smallest absolute Gasteiger partial charge is 0.255 e. The molecular formula is C30H26N8O.